The highest BCUT2D eigenvalue weighted by Gasteiger charge is 2.55. The van der Waals surface area contributed by atoms with Gasteiger partial charge in [-0.25, -0.2) is 0 Å². The summed E-state index contributed by atoms with van der Waals surface area (Å²) in [6.45, 7) is -0.0452. The fraction of sp³-hybridized carbons (Fsp3) is 0. The normalized spacial score (nSPS) is 14.0. The van der Waals surface area contributed by atoms with Gasteiger partial charge in [0.2, 0.25) is 6.71 Å². The first-order chi connectivity index (χ1) is 31.3. The van der Waals surface area contributed by atoms with Crippen LogP contribution >= 0.6 is 0 Å². The highest BCUT2D eigenvalue weighted by Crippen LogP contribution is 2.59. The van der Waals surface area contributed by atoms with Gasteiger partial charge in [-0.2, -0.15) is 0 Å². The Morgan fingerprint density at radius 3 is 1.70 bits per heavy atom. The Balaban J connectivity index is 1.30. The van der Waals surface area contributed by atoms with E-state index < -0.39 is 8.07 Å². The Kier molecular flexibility index (Phi) is 7.95. The number of hydrogen-bond donors (Lipinski definition) is 0. The molecule has 0 amide bonds. The molecule has 10 aromatic rings. The SMILES string of the molecule is c1ccc(N2c3ccccc3N(c3cccc4cccnc34)c3cc4c5c(c32)N(c2cccnc2)c2ccccc2B5c2ccccc2[Si]4(c2ccccc2)c2ccccc2)cc1. The van der Waals surface area contributed by atoms with E-state index in [-0.39, 0.29) is 6.71 Å². The maximum atomic E-state index is 5.11. The van der Waals surface area contributed by atoms with Crippen molar-refractivity contribution in [3.05, 3.63) is 231 Å². The molecule has 2 aromatic heterocycles. The van der Waals surface area contributed by atoms with Crippen LogP contribution in [0.1, 0.15) is 0 Å². The van der Waals surface area contributed by atoms with Gasteiger partial charge in [0, 0.05) is 29.2 Å². The third-order valence-electron chi connectivity index (χ3n) is 13.4. The fourth-order valence-electron chi connectivity index (χ4n) is 11.0. The standard InChI is InChI=1S/C56H38BN5Si/c1-4-21-40(22-5-1)60-47-31-13-14-32-48(47)62(49-33-16-19-39-20-17-36-59-54(39)49)50-37-52-53-56(55(50)60)61(41-23-18-35-58-38-41)46-30-12-10-28-44(46)57(53)45-29-11-15-34-51(45)63(52,42-24-6-2-7-25-42)43-26-8-3-9-27-43/h1-38H. The summed E-state index contributed by atoms with van der Waals surface area (Å²) in [6, 6.07) is 78.6. The molecule has 8 aromatic carbocycles. The van der Waals surface area contributed by atoms with Gasteiger partial charge in [-0.05, 0) is 92.3 Å². The van der Waals surface area contributed by atoms with Gasteiger partial charge >= 0.3 is 0 Å². The zero-order chi connectivity index (χ0) is 41.5. The Bertz CT molecular complexity index is 3340. The number of benzene rings is 8. The molecule has 3 aliphatic rings. The van der Waals surface area contributed by atoms with E-state index in [1.54, 1.807) is 0 Å². The van der Waals surface area contributed by atoms with Crippen molar-refractivity contribution in [1.82, 2.24) is 9.97 Å². The van der Waals surface area contributed by atoms with Gasteiger partial charge in [-0.3, -0.25) is 9.97 Å². The summed E-state index contributed by atoms with van der Waals surface area (Å²) in [5.74, 6) is 0. The largest absolute Gasteiger partial charge is 0.308 e. The van der Waals surface area contributed by atoms with Gasteiger partial charge < -0.3 is 14.7 Å². The van der Waals surface area contributed by atoms with E-state index in [0.29, 0.717) is 0 Å². The van der Waals surface area contributed by atoms with Crippen molar-refractivity contribution in [2.45, 2.75) is 0 Å². The van der Waals surface area contributed by atoms with Gasteiger partial charge in [-0.1, -0.05) is 157 Å². The van der Waals surface area contributed by atoms with Crippen molar-refractivity contribution in [3.8, 4) is 0 Å². The quantitative estimate of drug-likeness (QED) is 0.162. The van der Waals surface area contributed by atoms with Gasteiger partial charge in [-0.15, -0.1) is 0 Å². The molecule has 0 radical (unpaired) electrons. The number of para-hydroxylation sites is 5. The molecule has 0 saturated carbocycles. The smallest absolute Gasteiger partial charge is 0.246 e. The first-order valence-corrected chi connectivity index (χ1v) is 23.6. The minimum atomic E-state index is -3.12. The topological polar surface area (TPSA) is 35.5 Å². The van der Waals surface area contributed by atoms with Gasteiger partial charge in [0.1, 0.15) is 0 Å². The molecule has 0 bridgehead atoms. The summed E-state index contributed by atoms with van der Waals surface area (Å²) in [7, 11) is -3.12. The molecule has 0 fully saturated rings. The maximum Gasteiger partial charge on any atom is 0.246 e. The van der Waals surface area contributed by atoms with Crippen LogP contribution in [0.4, 0.5) is 51.2 Å². The van der Waals surface area contributed by atoms with Crippen molar-refractivity contribution < 1.29 is 0 Å². The lowest BCUT2D eigenvalue weighted by atomic mass is 9.34. The average Bonchev–Trinajstić information content (AvgIpc) is 3.36. The third-order valence-corrected chi connectivity index (χ3v) is 18.3. The van der Waals surface area contributed by atoms with Crippen molar-refractivity contribution in [2.75, 3.05) is 14.7 Å². The first-order valence-electron chi connectivity index (χ1n) is 21.6. The second kappa shape index (κ2) is 14.0. The van der Waals surface area contributed by atoms with E-state index in [1.165, 1.54) is 37.1 Å². The summed E-state index contributed by atoms with van der Waals surface area (Å²) in [4.78, 5) is 17.4. The third kappa shape index (κ3) is 5.05. The van der Waals surface area contributed by atoms with E-state index in [9.17, 15) is 0 Å². The zero-order valence-electron chi connectivity index (χ0n) is 34.3. The highest BCUT2D eigenvalue weighted by molar-refractivity contribution is 7.26. The van der Waals surface area contributed by atoms with E-state index in [0.717, 1.165) is 62.1 Å². The van der Waals surface area contributed by atoms with Crippen molar-refractivity contribution >= 4 is 114 Å². The second-order valence-corrected chi connectivity index (χ2v) is 20.2. The number of nitrogens with zero attached hydrogens (tertiary/aromatic N) is 5. The van der Waals surface area contributed by atoms with Crippen LogP contribution < -0.4 is 51.8 Å². The highest BCUT2D eigenvalue weighted by atomic mass is 28.3. The lowest BCUT2D eigenvalue weighted by molar-refractivity contribution is 1.15. The minimum Gasteiger partial charge on any atom is -0.308 e. The monoisotopic (exact) mass is 819 g/mol. The lowest BCUT2D eigenvalue weighted by Gasteiger charge is -2.51. The summed E-state index contributed by atoms with van der Waals surface area (Å²) >= 11 is 0. The van der Waals surface area contributed by atoms with Crippen LogP contribution in [0, 0.1) is 0 Å². The molecular formula is C56H38BN5Si. The van der Waals surface area contributed by atoms with Crippen molar-refractivity contribution in [3.63, 3.8) is 0 Å². The molecule has 0 atom stereocenters. The molecule has 5 heterocycles. The predicted octanol–water partition coefficient (Wildman–Crippen LogP) is 8.87. The van der Waals surface area contributed by atoms with Crippen LogP contribution in [-0.4, -0.2) is 24.8 Å². The Labute approximate surface area is 367 Å². The number of hydrogen-bond acceptors (Lipinski definition) is 5. The minimum absolute atomic E-state index is 0.0452. The summed E-state index contributed by atoms with van der Waals surface area (Å²) in [5.41, 5.74) is 14.8. The molecule has 294 valence electrons. The Morgan fingerprint density at radius 2 is 0.968 bits per heavy atom. The van der Waals surface area contributed by atoms with Crippen LogP contribution in [-0.2, 0) is 0 Å². The molecule has 3 aliphatic heterocycles. The zero-order valence-corrected chi connectivity index (χ0v) is 35.3. The van der Waals surface area contributed by atoms with E-state index in [2.05, 4.69) is 221 Å². The molecule has 0 spiro atoms. The molecule has 7 heteroatoms. The van der Waals surface area contributed by atoms with Gasteiger partial charge in [0.15, 0.2) is 8.07 Å². The van der Waals surface area contributed by atoms with Crippen LogP contribution in [0.5, 0.6) is 0 Å². The number of rotatable bonds is 5. The lowest BCUT2D eigenvalue weighted by Crippen LogP contribution is -2.87. The molecule has 0 aliphatic carbocycles. The van der Waals surface area contributed by atoms with E-state index >= 15 is 0 Å². The van der Waals surface area contributed by atoms with Crippen LogP contribution in [0.3, 0.4) is 0 Å². The Morgan fingerprint density at radius 1 is 0.397 bits per heavy atom. The Hall–Kier alpha value is -8.00. The second-order valence-electron chi connectivity index (χ2n) is 16.5. The van der Waals surface area contributed by atoms with Crippen LogP contribution in [0.15, 0.2) is 231 Å². The number of aromatic nitrogens is 2. The number of fused-ring (bicyclic) bond motifs is 8. The maximum absolute atomic E-state index is 5.11. The fourth-order valence-corrected chi connectivity index (χ4v) is 16.3. The summed E-state index contributed by atoms with van der Waals surface area (Å²) < 4.78 is 0. The number of anilines is 9. The molecule has 0 unspecified atom stereocenters. The number of pyridine rings is 2. The van der Waals surface area contributed by atoms with Crippen molar-refractivity contribution in [1.29, 1.82) is 0 Å². The van der Waals surface area contributed by atoms with Crippen LogP contribution in [0.25, 0.3) is 10.9 Å². The van der Waals surface area contributed by atoms with Crippen molar-refractivity contribution in [2.24, 2.45) is 0 Å². The predicted molar refractivity (Wildman–Crippen MR) is 265 cm³/mol. The molecule has 63 heavy (non-hydrogen) atoms. The summed E-state index contributed by atoms with van der Waals surface area (Å²) in [6.07, 6.45) is 5.81. The molecular weight excluding hydrogens is 782 g/mol. The van der Waals surface area contributed by atoms with E-state index in [4.69, 9.17) is 9.97 Å². The van der Waals surface area contributed by atoms with Crippen LogP contribution in [0.2, 0.25) is 0 Å². The molecule has 5 nitrogen and oxygen atoms in total. The van der Waals surface area contributed by atoms with Gasteiger partial charge in [0.25, 0.3) is 0 Å². The van der Waals surface area contributed by atoms with Gasteiger partial charge in [0.05, 0.1) is 51.5 Å². The molecule has 0 N–H and O–H groups in total. The van der Waals surface area contributed by atoms with E-state index in [1.807, 2.05) is 24.7 Å². The molecule has 0 saturated heterocycles. The average molecular weight is 820 g/mol. The summed E-state index contributed by atoms with van der Waals surface area (Å²) in [5, 5.41) is 6.60. The molecule has 13 rings (SSSR count). The first kappa shape index (κ1) is 35.7.